The van der Waals surface area contributed by atoms with Gasteiger partial charge in [-0.25, -0.2) is 4.79 Å². The molecule has 0 aliphatic rings. The van der Waals surface area contributed by atoms with Crippen molar-refractivity contribution in [2.24, 2.45) is 0 Å². The van der Waals surface area contributed by atoms with Gasteiger partial charge in [-0.3, -0.25) is 0 Å². The number of ether oxygens (including phenoxy) is 1. The predicted molar refractivity (Wildman–Crippen MR) is 70.9 cm³/mol. The lowest BCUT2D eigenvalue weighted by Gasteiger charge is -2.06. The minimum atomic E-state index is -0.294. The summed E-state index contributed by atoms with van der Waals surface area (Å²) in [6.07, 6.45) is 5.78. The molecular weight excluding hydrogens is 222 g/mol. The molecule has 0 aromatic heterocycles. The first-order valence-corrected chi connectivity index (χ1v) is 7.16. The molecule has 1 N–H and O–H groups in total. The van der Waals surface area contributed by atoms with Crippen LogP contribution in [0.25, 0.3) is 0 Å². The first kappa shape index (κ1) is 15.5. The van der Waals surface area contributed by atoms with Crippen LogP contribution in [0.1, 0.15) is 26.2 Å². The van der Waals surface area contributed by atoms with Crippen LogP contribution in [0.5, 0.6) is 0 Å². The second kappa shape index (κ2) is 11.0. The van der Waals surface area contributed by atoms with Crippen molar-refractivity contribution < 1.29 is 9.53 Å². The fourth-order valence-corrected chi connectivity index (χ4v) is 1.71. The Morgan fingerprint density at radius 1 is 1.38 bits per heavy atom. The van der Waals surface area contributed by atoms with E-state index in [2.05, 4.69) is 18.2 Å². The summed E-state index contributed by atoms with van der Waals surface area (Å²) in [5, 5.41) is 3.19. The van der Waals surface area contributed by atoms with Gasteiger partial charge >= 0.3 is 5.97 Å². The van der Waals surface area contributed by atoms with Gasteiger partial charge in [-0.15, -0.1) is 0 Å². The minimum absolute atomic E-state index is 0.294. The largest absolute Gasteiger partial charge is 0.463 e. The van der Waals surface area contributed by atoms with Crippen LogP contribution in [0.3, 0.4) is 0 Å². The average Bonchev–Trinajstić information content (AvgIpc) is 2.28. The quantitative estimate of drug-likeness (QED) is 0.364. The monoisotopic (exact) mass is 245 g/mol. The molecule has 0 aliphatic carbocycles. The van der Waals surface area contributed by atoms with Crippen molar-refractivity contribution >= 4 is 17.7 Å². The molecule has 0 spiro atoms. The van der Waals surface area contributed by atoms with Crippen LogP contribution in [-0.4, -0.2) is 37.7 Å². The second-order valence-electron chi connectivity index (χ2n) is 3.55. The van der Waals surface area contributed by atoms with E-state index in [1.807, 2.05) is 11.8 Å². The summed E-state index contributed by atoms with van der Waals surface area (Å²) in [5.41, 5.74) is 0.506. The maximum Gasteiger partial charge on any atom is 0.334 e. The number of unbranched alkanes of at least 4 members (excludes halogenated alkanes) is 2. The molecule has 0 fully saturated rings. The lowest BCUT2D eigenvalue weighted by molar-refractivity contribution is -0.138. The molecule has 16 heavy (non-hydrogen) atoms. The lowest BCUT2D eigenvalue weighted by atomic mass is 10.2. The lowest BCUT2D eigenvalue weighted by Crippen LogP contribution is -2.22. The highest BCUT2D eigenvalue weighted by Crippen LogP contribution is 2.01. The van der Waals surface area contributed by atoms with Gasteiger partial charge in [0.2, 0.25) is 0 Å². The normalized spacial score (nSPS) is 10.1. The zero-order valence-corrected chi connectivity index (χ0v) is 11.2. The molecule has 0 saturated carbocycles. The zero-order chi connectivity index (χ0) is 12.2. The molecule has 0 radical (unpaired) electrons. The molecule has 0 unspecified atom stereocenters. The molecule has 3 nitrogen and oxygen atoms in total. The Bertz CT molecular complexity index is 207. The maximum absolute atomic E-state index is 11.2. The third-order valence-electron chi connectivity index (χ3n) is 2.10. The zero-order valence-electron chi connectivity index (χ0n) is 10.4. The van der Waals surface area contributed by atoms with Crippen LogP contribution in [0.4, 0.5) is 0 Å². The Labute approximate surface area is 103 Å². The summed E-state index contributed by atoms with van der Waals surface area (Å²) in [5.74, 6) is 0.938. The van der Waals surface area contributed by atoms with Gasteiger partial charge in [0.15, 0.2) is 0 Å². The minimum Gasteiger partial charge on any atom is -0.463 e. The summed E-state index contributed by atoms with van der Waals surface area (Å²) in [6, 6.07) is 0. The molecule has 0 atom stereocenters. The summed E-state index contributed by atoms with van der Waals surface area (Å²) in [6.45, 7) is 7.35. The van der Waals surface area contributed by atoms with E-state index in [-0.39, 0.29) is 5.97 Å². The first-order valence-electron chi connectivity index (χ1n) is 5.77. The molecule has 0 heterocycles. The van der Waals surface area contributed by atoms with Crippen LogP contribution >= 0.6 is 11.8 Å². The number of hydrogen-bond acceptors (Lipinski definition) is 4. The van der Waals surface area contributed by atoms with E-state index in [9.17, 15) is 4.79 Å². The number of esters is 1. The van der Waals surface area contributed by atoms with Gasteiger partial charge in [-0.05, 0) is 38.3 Å². The van der Waals surface area contributed by atoms with Crippen LogP contribution in [0.15, 0.2) is 12.2 Å². The van der Waals surface area contributed by atoms with Crippen molar-refractivity contribution in [3.05, 3.63) is 12.2 Å². The summed E-state index contributed by atoms with van der Waals surface area (Å²) < 4.78 is 4.83. The average molecular weight is 245 g/mol. The number of rotatable bonds is 10. The van der Waals surface area contributed by atoms with Gasteiger partial charge in [0.25, 0.3) is 0 Å². The highest BCUT2D eigenvalue weighted by Gasteiger charge is 2.05. The van der Waals surface area contributed by atoms with E-state index >= 15 is 0 Å². The van der Waals surface area contributed by atoms with E-state index in [4.69, 9.17) is 4.74 Å². The van der Waals surface area contributed by atoms with E-state index in [1.165, 1.54) is 18.6 Å². The van der Waals surface area contributed by atoms with Crippen molar-refractivity contribution in [2.45, 2.75) is 26.2 Å². The van der Waals surface area contributed by atoms with Gasteiger partial charge in [-0.2, -0.15) is 11.8 Å². The van der Waals surface area contributed by atoms with Gasteiger partial charge in [-0.1, -0.05) is 13.0 Å². The first-order chi connectivity index (χ1) is 7.72. The number of thioether (sulfide) groups is 1. The molecule has 0 aliphatic heterocycles. The molecular formula is C12H23NO2S. The van der Waals surface area contributed by atoms with E-state index < -0.39 is 0 Å². The van der Waals surface area contributed by atoms with Crippen molar-refractivity contribution in [1.82, 2.24) is 5.32 Å². The fourth-order valence-electron chi connectivity index (χ4n) is 1.22. The number of carbonyl (C=O) groups is 1. The van der Waals surface area contributed by atoms with Gasteiger partial charge in [0.05, 0.1) is 6.61 Å². The molecule has 4 heteroatoms. The van der Waals surface area contributed by atoms with E-state index in [0.29, 0.717) is 18.7 Å². The molecule has 0 amide bonds. The molecule has 0 aromatic rings. The van der Waals surface area contributed by atoms with Crippen LogP contribution in [0, 0.1) is 0 Å². The maximum atomic E-state index is 11.2. The second-order valence-corrected chi connectivity index (χ2v) is 4.54. The summed E-state index contributed by atoms with van der Waals surface area (Å²) >= 11 is 1.88. The smallest absolute Gasteiger partial charge is 0.334 e. The Morgan fingerprint density at radius 3 is 2.75 bits per heavy atom. The third kappa shape index (κ3) is 8.80. The summed E-state index contributed by atoms with van der Waals surface area (Å²) in [7, 11) is 0. The van der Waals surface area contributed by atoms with Crippen molar-refractivity contribution in [3.8, 4) is 0 Å². The van der Waals surface area contributed by atoms with E-state index in [1.54, 1.807) is 6.92 Å². The Hall–Kier alpha value is -0.480. The number of carbonyl (C=O) groups excluding carboxylic acids is 1. The highest BCUT2D eigenvalue weighted by molar-refractivity contribution is 7.98. The third-order valence-corrected chi connectivity index (χ3v) is 2.80. The standard InChI is InChI=1S/C12H23NO2S/c1-4-15-12(14)11(2)10-13-8-6-5-7-9-16-3/h13H,2,4-10H2,1,3H3. The van der Waals surface area contributed by atoms with Crippen LogP contribution in [-0.2, 0) is 9.53 Å². The van der Waals surface area contributed by atoms with Crippen LogP contribution < -0.4 is 5.32 Å². The molecule has 0 saturated heterocycles. The highest BCUT2D eigenvalue weighted by atomic mass is 32.2. The van der Waals surface area contributed by atoms with Gasteiger partial charge in [0.1, 0.15) is 0 Å². The van der Waals surface area contributed by atoms with Crippen molar-refractivity contribution in [3.63, 3.8) is 0 Å². The molecule has 0 bridgehead atoms. The fraction of sp³-hybridized carbons (Fsp3) is 0.750. The Balaban J connectivity index is 3.31. The van der Waals surface area contributed by atoms with Crippen LogP contribution in [0.2, 0.25) is 0 Å². The topological polar surface area (TPSA) is 38.3 Å². The number of hydrogen-bond donors (Lipinski definition) is 1. The SMILES string of the molecule is C=C(CNCCCCCSC)C(=O)OCC. The Kier molecular flexibility index (Phi) is 10.7. The van der Waals surface area contributed by atoms with Crippen molar-refractivity contribution in [2.75, 3.05) is 31.7 Å². The molecule has 0 aromatic carbocycles. The Morgan fingerprint density at radius 2 is 2.12 bits per heavy atom. The predicted octanol–water partition coefficient (Wildman–Crippen LogP) is 2.23. The van der Waals surface area contributed by atoms with Crippen molar-refractivity contribution in [1.29, 1.82) is 0 Å². The molecule has 0 rings (SSSR count). The molecule has 94 valence electrons. The van der Waals surface area contributed by atoms with E-state index in [0.717, 1.165) is 13.0 Å². The number of nitrogens with one attached hydrogen (secondary N) is 1. The summed E-state index contributed by atoms with van der Waals surface area (Å²) in [4.78, 5) is 11.2. The van der Waals surface area contributed by atoms with Gasteiger partial charge < -0.3 is 10.1 Å². The van der Waals surface area contributed by atoms with Gasteiger partial charge in [0, 0.05) is 12.1 Å².